The first kappa shape index (κ1) is 16.1. The number of rotatable bonds is 4. The minimum atomic E-state index is -4.53. The predicted molar refractivity (Wildman–Crippen MR) is 69.0 cm³/mol. The Hall–Kier alpha value is -2.32. The molecule has 0 spiro atoms. The van der Waals surface area contributed by atoms with E-state index in [-0.39, 0.29) is 18.0 Å². The van der Waals surface area contributed by atoms with Gasteiger partial charge >= 0.3 is 6.18 Å². The number of amides is 2. The monoisotopic (exact) mass is 317 g/mol. The summed E-state index contributed by atoms with van der Waals surface area (Å²) in [6.07, 6.45) is -2.86. The Kier molecular flexibility index (Phi) is 4.53. The molecule has 0 radical (unpaired) electrons. The van der Waals surface area contributed by atoms with Crippen LogP contribution in [0.25, 0.3) is 0 Å². The van der Waals surface area contributed by atoms with Crippen molar-refractivity contribution in [1.29, 1.82) is 0 Å². The Morgan fingerprint density at radius 1 is 1.45 bits per heavy atom. The zero-order valence-corrected chi connectivity index (χ0v) is 11.5. The van der Waals surface area contributed by atoms with Crippen LogP contribution in [0.2, 0.25) is 0 Å². The molecule has 1 aromatic rings. The lowest BCUT2D eigenvalue weighted by atomic mass is 10.1. The summed E-state index contributed by atoms with van der Waals surface area (Å²) in [6, 6.07) is 2.76. The van der Waals surface area contributed by atoms with Crippen LogP contribution in [0.5, 0.6) is 5.88 Å². The number of aromatic nitrogens is 1. The highest BCUT2D eigenvalue weighted by atomic mass is 19.4. The highest BCUT2D eigenvalue weighted by molar-refractivity contribution is 5.97. The molecule has 1 aliphatic rings. The van der Waals surface area contributed by atoms with Crippen LogP contribution < -0.4 is 10.5 Å². The van der Waals surface area contributed by atoms with Crippen LogP contribution in [0.1, 0.15) is 16.8 Å². The van der Waals surface area contributed by atoms with Gasteiger partial charge in [-0.05, 0) is 18.6 Å². The highest BCUT2D eigenvalue weighted by Gasteiger charge is 2.33. The van der Waals surface area contributed by atoms with Gasteiger partial charge in [0.25, 0.3) is 5.91 Å². The zero-order chi connectivity index (χ0) is 16.3. The van der Waals surface area contributed by atoms with Crippen LogP contribution in [0.3, 0.4) is 0 Å². The van der Waals surface area contributed by atoms with E-state index >= 15 is 0 Å². The number of nitrogens with zero attached hydrogens (tertiary/aromatic N) is 2. The van der Waals surface area contributed by atoms with Gasteiger partial charge in [0.1, 0.15) is 5.56 Å². The molecule has 120 valence electrons. The quantitative estimate of drug-likeness (QED) is 0.896. The Morgan fingerprint density at radius 3 is 2.77 bits per heavy atom. The van der Waals surface area contributed by atoms with E-state index in [2.05, 4.69) is 9.72 Å². The SMILES string of the molecule is NC(=O)[C@@H]1CCN(C(=O)c2cccnc2OCC(F)(F)F)C1. The molecule has 1 saturated heterocycles. The number of likely N-dealkylation sites (tertiary alicyclic amines) is 1. The smallest absolute Gasteiger partial charge is 0.422 e. The molecule has 0 saturated carbocycles. The number of pyridine rings is 1. The van der Waals surface area contributed by atoms with Gasteiger partial charge in [-0.25, -0.2) is 4.98 Å². The van der Waals surface area contributed by atoms with Crippen molar-refractivity contribution in [2.75, 3.05) is 19.7 Å². The van der Waals surface area contributed by atoms with Crippen LogP contribution in [0.4, 0.5) is 13.2 Å². The van der Waals surface area contributed by atoms with Crippen molar-refractivity contribution in [3.05, 3.63) is 23.9 Å². The molecule has 1 aliphatic heterocycles. The van der Waals surface area contributed by atoms with Gasteiger partial charge in [-0.15, -0.1) is 0 Å². The molecular formula is C13H14F3N3O3. The molecule has 9 heteroatoms. The molecule has 1 atom stereocenters. The molecule has 2 amide bonds. The maximum absolute atomic E-state index is 12.3. The lowest BCUT2D eigenvalue weighted by molar-refractivity contribution is -0.154. The summed E-state index contributed by atoms with van der Waals surface area (Å²) in [7, 11) is 0. The van der Waals surface area contributed by atoms with E-state index in [1.165, 1.54) is 23.2 Å². The molecule has 2 N–H and O–H groups in total. The van der Waals surface area contributed by atoms with Gasteiger partial charge in [-0.3, -0.25) is 9.59 Å². The standard InChI is InChI=1S/C13H14F3N3O3/c14-13(15,16)7-22-11-9(2-1-4-18-11)12(21)19-5-3-8(6-19)10(17)20/h1-2,4,8H,3,5-7H2,(H2,17,20)/t8-/m1/s1. The van der Waals surface area contributed by atoms with Gasteiger partial charge in [-0.2, -0.15) is 13.2 Å². The first-order valence-electron chi connectivity index (χ1n) is 6.51. The summed E-state index contributed by atoms with van der Waals surface area (Å²) in [5, 5.41) is 0. The molecule has 2 heterocycles. The molecule has 2 rings (SSSR count). The third-order valence-electron chi connectivity index (χ3n) is 3.25. The Labute approximate surface area is 124 Å². The normalized spacial score (nSPS) is 18.3. The molecule has 0 aromatic carbocycles. The number of alkyl halides is 3. The van der Waals surface area contributed by atoms with E-state index in [0.717, 1.165) is 0 Å². The number of primary amides is 1. The molecule has 22 heavy (non-hydrogen) atoms. The van der Waals surface area contributed by atoms with Crippen LogP contribution in [-0.4, -0.2) is 47.6 Å². The van der Waals surface area contributed by atoms with Crippen molar-refractivity contribution in [3.8, 4) is 5.88 Å². The largest absolute Gasteiger partial charge is 0.467 e. The Bertz CT molecular complexity index is 577. The molecule has 0 aliphatic carbocycles. The topological polar surface area (TPSA) is 85.5 Å². The average molecular weight is 317 g/mol. The van der Waals surface area contributed by atoms with Crippen LogP contribution in [0.15, 0.2) is 18.3 Å². The van der Waals surface area contributed by atoms with Crippen molar-refractivity contribution >= 4 is 11.8 Å². The van der Waals surface area contributed by atoms with Gasteiger partial charge < -0.3 is 15.4 Å². The van der Waals surface area contributed by atoms with Gasteiger partial charge in [0, 0.05) is 19.3 Å². The number of carbonyl (C=O) groups is 2. The van der Waals surface area contributed by atoms with E-state index in [9.17, 15) is 22.8 Å². The van der Waals surface area contributed by atoms with E-state index in [1.54, 1.807) is 0 Å². The first-order valence-corrected chi connectivity index (χ1v) is 6.51. The van der Waals surface area contributed by atoms with Gasteiger partial charge in [-0.1, -0.05) is 0 Å². The molecular weight excluding hydrogens is 303 g/mol. The number of hydrogen-bond donors (Lipinski definition) is 1. The molecule has 0 bridgehead atoms. The van der Waals surface area contributed by atoms with Crippen LogP contribution in [-0.2, 0) is 4.79 Å². The predicted octanol–water partition coefficient (Wildman–Crippen LogP) is 0.970. The second-order valence-corrected chi connectivity index (χ2v) is 4.90. The van der Waals surface area contributed by atoms with Crippen LogP contribution in [0, 0.1) is 5.92 Å². The third-order valence-corrected chi connectivity index (χ3v) is 3.25. The van der Waals surface area contributed by atoms with Crippen molar-refractivity contribution < 1.29 is 27.5 Å². The van der Waals surface area contributed by atoms with Gasteiger partial charge in [0.05, 0.1) is 5.92 Å². The summed E-state index contributed by atoms with van der Waals surface area (Å²) in [5.41, 5.74) is 5.11. The summed E-state index contributed by atoms with van der Waals surface area (Å²) in [6.45, 7) is -1.09. The summed E-state index contributed by atoms with van der Waals surface area (Å²) in [4.78, 5) is 28.5. The van der Waals surface area contributed by atoms with Crippen molar-refractivity contribution in [2.45, 2.75) is 12.6 Å². The fraction of sp³-hybridized carbons (Fsp3) is 0.462. The lowest BCUT2D eigenvalue weighted by Crippen LogP contribution is -2.32. The molecule has 1 aromatic heterocycles. The fourth-order valence-corrected chi connectivity index (χ4v) is 2.17. The number of hydrogen-bond acceptors (Lipinski definition) is 4. The molecule has 0 unspecified atom stereocenters. The molecule has 1 fully saturated rings. The minimum Gasteiger partial charge on any atom is -0.467 e. The van der Waals surface area contributed by atoms with Gasteiger partial charge in [0.2, 0.25) is 11.8 Å². The maximum Gasteiger partial charge on any atom is 0.422 e. The number of nitrogens with two attached hydrogens (primary N) is 1. The van der Waals surface area contributed by atoms with E-state index < -0.39 is 30.5 Å². The summed E-state index contributed by atoms with van der Waals surface area (Å²) in [5.74, 6) is -1.86. The first-order chi connectivity index (χ1) is 10.3. The zero-order valence-electron chi connectivity index (χ0n) is 11.5. The van der Waals surface area contributed by atoms with Gasteiger partial charge in [0.15, 0.2) is 6.61 Å². The van der Waals surface area contributed by atoms with Crippen LogP contribution >= 0.6 is 0 Å². The second kappa shape index (κ2) is 6.20. The number of ether oxygens (including phenoxy) is 1. The highest BCUT2D eigenvalue weighted by Crippen LogP contribution is 2.24. The van der Waals surface area contributed by atoms with E-state index in [4.69, 9.17) is 5.73 Å². The number of halogens is 3. The summed E-state index contributed by atoms with van der Waals surface area (Å²) < 4.78 is 41.2. The van der Waals surface area contributed by atoms with Crippen molar-refractivity contribution in [2.24, 2.45) is 11.7 Å². The fourth-order valence-electron chi connectivity index (χ4n) is 2.17. The van der Waals surface area contributed by atoms with E-state index in [0.29, 0.717) is 13.0 Å². The summed E-state index contributed by atoms with van der Waals surface area (Å²) >= 11 is 0. The Balaban J connectivity index is 2.12. The number of carbonyl (C=O) groups excluding carboxylic acids is 2. The Morgan fingerprint density at radius 2 is 2.18 bits per heavy atom. The van der Waals surface area contributed by atoms with Crippen molar-refractivity contribution in [1.82, 2.24) is 9.88 Å². The second-order valence-electron chi connectivity index (χ2n) is 4.90. The average Bonchev–Trinajstić information content (AvgIpc) is 2.94. The molecule has 6 nitrogen and oxygen atoms in total. The van der Waals surface area contributed by atoms with E-state index in [1.807, 2.05) is 0 Å². The van der Waals surface area contributed by atoms with Crippen molar-refractivity contribution in [3.63, 3.8) is 0 Å². The third kappa shape index (κ3) is 3.86. The maximum atomic E-state index is 12.3. The lowest BCUT2D eigenvalue weighted by Gasteiger charge is -2.18. The minimum absolute atomic E-state index is 0.0723.